The van der Waals surface area contributed by atoms with Gasteiger partial charge in [-0.15, -0.1) is 0 Å². The first-order valence-electron chi connectivity index (χ1n) is 6.22. The van der Waals surface area contributed by atoms with E-state index >= 15 is 0 Å². The van der Waals surface area contributed by atoms with Crippen LogP contribution in [0.1, 0.15) is 26.3 Å². The summed E-state index contributed by atoms with van der Waals surface area (Å²) in [6.07, 6.45) is 0.0385. The molecule has 0 aliphatic heterocycles. The van der Waals surface area contributed by atoms with Crippen molar-refractivity contribution in [3.63, 3.8) is 0 Å². The van der Waals surface area contributed by atoms with Gasteiger partial charge in [-0.25, -0.2) is 0 Å². The molecule has 0 aliphatic carbocycles. The lowest BCUT2D eigenvalue weighted by Crippen LogP contribution is -2.25. The molecule has 104 valence electrons. The molecule has 0 fully saturated rings. The first-order chi connectivity index (χ1) is 8.91. The first kappa shape index (κ1) is 15.6. The molecular weight excluding hydrogens is 260 g/mol. The summed E-state index contributed by atoms with van der Waals surface area (Å²) in [4.78, 5) is 12.1. The predicted molar refractivity (Wildman–Crippen MR) is 81.2 cm³/mol. The Balaban J connectivity index is 2.60. The van der Waals surface area contributed by atoms with Crippen LogP contribution in [-0.2, 0) is 9.53 Å². The van der Waals surface area contributed by atoms with E-state index in [4.69, 9.17) is 22.7 Å². The molecule has 1 aromatic carbocycles. The molecule has 0 saturated heterocycles. The van der Waals surface area contributed by atoms with Crippen molar-refractivity contribution in [1.82, 2.24) is 0 Å². The number of rotatable bonds is 6. The third-order valence-corrected chi connectivity index (χ3v) is 3.10. The molecule has 0 heterocycles. The van der Waals surface area contributed by atoms with Gasteiger partial charge in [-0.1, -0.05) is 38.2 Å². The number of para-hydroxylation sites is 1. The van der Waals surface area contributed by atoms with E-state index in [2.05, 4.69) is 5.32 Å². The molecule has 4 nitrogen and oxygen atoms in total. The average Bonchev–Trinajstić information content (AvgIpc) is 2.36. The number of anilines is 1. The number of hydrogen-bond acceptors (Lipinski definition) is 3. The van der Waals surface area contributed by atoms with Gasteiger partial charge in [0.05, 0.1) is 11.8 Å². The van der Waals surface area contributed by atoms with E-state index in [1.807, 2.05) is 32.9 Å². The summed E-state index contributed by atoms with van der Waals surface area (Å²) in [7, 11) is 0. The lowest BCUT2D eigenvalue weighted by molar-refractivity contribution is -0.123. The van der Waals surface area contributed by atoms with E-state index in [1.54, 1.807) is 12.1 Å². The van der Waals surface area contributed by atoms with Gasteiger partial charge in [0, 0.05) is 5.56 Å². The fourth-order valence-electron chi connectivity index (χ4n) is 1.39. The van der Waals surface area contributed by atoms with E-state index in [9.17, 15) is 4.79 Å². The molecule has 1 unspecified atom stereocenters. The van der Waals surface area contributed by atoms with Crippen LogP contribution < -0.4 is 11.1 Å². The Morgan fingerprint density at radius 3 is 2.58 bits per heavy atom. The van der Waals surface area contributed by atoms with Crippen molar-refractivity contribution in [3.05, 3.63) is 29.8 Å². The van der Waals surface area contributed by atoms with Crippen molar-refractivity contribution >= 4 is 28.8 Å². The number of nitrogens with two attached hydrogens (primary N) is 1. The molecule has 3 N–H and O–H groups in total. The van der Waals surface area contributed by atoms with Crippen molar-refractivity contribution in [3.8, 4) is 0 Å². The molecule has 0 spiro atoms. The van der Waals surface area contributed by atoms with Crippen LogP contribution in [0.25, 0.3) is 0 Å². The quantitative estimate of drug-likeness (QED) is 0.785. The second-order valence-corrected chi connectivity index (χ2v) is 5.16. The Hall–Kier alpha value is -1.46. The lowest BCUT2D eigenvalue weighted by Gasteiger charge is -2.16. The summed E-state index contributed by atoms with van der Waals surface area (Å²) in [5.74, 6) is 0.160. The predicted octanol–water partition coefficient (Wildman–Crippen LogP) is 2.32. The largest absolute Gasteiger partial charge is 0.389 e. The minimum absolute atomic E-state index is 0.0189. The fourth-order valence-corrected chi connectivity index (χ4v) is 1.57. The molecule has 0 aliphatic rings. The number of nitrogens with one attached hydrogen (secondary N) is 1. The van der Waals surface area contributed by atoms with Gasteiger partial charge in [-0.2, -0.15) is 0 Å². The SMILES string of the molecule is CC(C)C(C)OCC(=O)Nc1ccccc1C(N)=S. The van der Waals surface area contributed by atoms with Gasteiger partial charge in [0.15, 0.2) is 0 Å². The summed E-state index contributed by atoms with van der Waals surface area (Å²) < 4.78 is 5.46. The summed E-state index contributed by atoms with van der Waals surface area (Å²) in [5, 5.41) is 2.75. The first-order valence-corrected chi connectivity index (χ1v) is 6.63. The van der Waals surface area contributed by atoms with Crippen molar-refractivity contribution in [2.24, 2.45) is 11.7 Å². The molecule has 1 atom stereocenters. The normalized spacial score (nSPS) is 12.2. The molecule has 0 saturated carbocycles. The third-order valence-electron chi connectivity index (χ3n) is 2.88. The fraction of sp³-hybridized carbons (Fsp3) is 0.429. The highest BCUT2D eigenvalue weighted by Gasteiger charge is 2.12. The second kappa shape index (κ2) is 7.21. The van der Waals surface area contributed by atoms with Crippen molar-refractivity contribution < 1.29 is 9.53 Å². The Morgan fingerprint density at radius 1 is 1.37 bits per heavy atom. The van der Waals surface area contributed by atoms with E-state index in [0.29, 0.717) is 17.2 Å². The third kappa shape index (κ3) is 4.96. The van der Waals surface area contributed by atoms with Crippen LogP contribution >= 0.6 is 12.2 Å². The molecule has 0 bridgehead atoms. The number of carbonyl (C=O) groups excluding carboxylic acids is 1. The number of amides is 1. The van der Waals surface area contributed by atoms with Crippen LogP contribution in [0.2, 0.25) is 0 Å². The van der Waals surface area contributed by atoms with Gasteiger partial charge < -0.3 is 15.8 Å². The van der Waals surface area contributed by atoms with Gasteiger partial charge in [-0.05, 0) is 25.0 Å². The Labute approximate surface area is 119 Å². The van der Waals surface area contributed by atoms with Crippen LogP contribution in [0.15, 0.2) is 24.3 Å². The minimum Gasteiger partial charge on any atom is -0.389 e. The van der Waals surface area contributed by atoms with Crippen molar-refractivity contribution in [2.45, 2.75) is 26.9 Å². The molecule has 1 rings (SSSR count). The summed E-state index contributed by atoms with van der Waals surface area (Å²) in [5.41, 5.74) is 6.87. The van der Waals surface area contributed by atoms with Crippen molar-refractivity contribution in [1.29, 1.82) is 0 Å². The molecule has 19 heavy (non-hydrogen) atoms. The van der Waals surface area contributed by atoms with Crippen LogP contribution in [0.5, 0.6) is 0 Å². The highest BCUT2D eigenvalue weighted by atomic mass is 32.1. The maximum Gasteiger partial charge on any atom is 0.250 e. The van der Waals surface area contributed by atoms with Crippen LogP contribution in [0.3, 0.4) is 0 Å². The molecule has 1 amide bonds. The van der Waals surface area contributed by atoms with Crippen LogP contribution in [-0.4, -0.2) is 23.6 Å². The number of carbonyl (C=O) groups is 1. The number of thiocarbonyl (C=S) groups is 1. The zero-order chi connectivity index (χ0) is 14.4. The zero-order valence-corrected chi connectivity index (χ0v) is 12.3. The highest BCUT2D eigenvalue weighted by molar-refractivity contribution is 7.80. The second-order valence-electron chi connectivity index (χ2n) is 4.72. The van der Waals surface area contributed by atoms with Crippen molar-refractivity contribution in [2.75, 3.05) is 11.9 Å². The van der Waals surface area contributed by atoms with E-state index in [-0.39, 0.29) is 23.6 Å². The number of hydrogen-bond donors (Lipinski definition) is 2. The average molecular weight is 280 g/mol. The molecule has 0 radical (unpaired) electrons. The maximum atomic E-state index is 11.8. The Bertz CT molecular complexity index is 461. The maximum absolute atomic E-state index is 11.8. The number of benzene rings is 1. The topological polar surface area (TPSA) is 64.3 Å². The van der Waals surface area contributed by atoms with E-state index in [1.165, 1.54) is 0 Å². The van der Waals surface area contributed by atoms with Gasteiger partial charge >= 0.3 is 0 Å². The summed E-state index contributed by atoms with van der Waals surface area (Å²) in [6.45, 7) is 6.06. The zero-order valence-electron chi connectivity index (χ0n) is 11.5. The van der Waals surface area contributed by atoms with E-state index < -0.39 is 0 Å². The molecule has 1 aromatic rings. The Morgan fingerprint density at radius 2 is 2.00 bits per heavy atom. The van der Waals surface area contributed by atoms with E-state index in [0.717, 1.165) is 0 Å². The van der Waals surface area contributed by atoms with Gasteiger partial charge in [0.25, 0.3) is 0 Å². The molecule has 5 heteroatoms. The summed E-state index contributed by atoms with van der Waals surface area (Å²) in [6, 6.07) is 7.17. The molecule has 0 aromatic heterocycles. The number of ether oxygens (including phenoxy) is 1. The summed E-state index contributed by atoms with van der Waals surface area (Å²) >= 11 is 4.94. The highest BCUT2D eigenvalue weighted by Crippen LogP contribution is 2.14. The van der Waals surface area contributed by atoms with Gasteiger partial charge in [-0.3, -0.25) is 4.79 Å². The van der Waals surface area contributed by atoms with Gasteiger partial charge in [0.1, 0.15) is 11.6 Å². The monoisotopic (exact) mass is 280 g/mol. The Kier molecular flexibility index (Phi) is 5.92. The van der Waals surface area contributed by atoms with Crippen LogP contribution in [0, 0.1) is 5.92 Å². The smallest absolute Gasteiger partial charge is 0.250 e. The standard InChI is InChI=1S/C14H20N2O2S/c1-9(2)10(3)18-8-13(17)16-12-7-5-4-6-11(12)14(15)19/h4-7,9-10H,8H2,1-3H3,(H2,15,19)(H,16,17). The molecular formula is C14H20N2O2S. The lowest BCUT2D eigenvalue weighted by atomic mass is 10.1. The van der Waals surface area contributed by atoms with Gasteiger partial charge in [0.2, 0.25) is 5.91 Å². The minimum atomic E-state index is -0.212. The van der Waals surface area contributed by atoms with Crippen LogP contribution in [0.4, 0.5) is 5.69 Å².